The molecule has 18 rings (SSSR count). The standard InChI is InChI=1S/C24H19BrN5O6PS.C24H18ClFN5O6PS.C24H28N5O6PS.C23H26N5O6PS/c25-16-3-1-2-14(10-16)12-30-24(32)20(22(31)21(28-30)15-6-9-38-13-15)23-27-18-5-4-17(35-7-8-36-26)11-19(18)37(33,34)29-23;25-16-9-13(1-3-17(16)26)11-31-24(33)20(22(32)21(29-31)14-5-8-39-12-14)23-28-18-4-2-15(36-6-7-37-27)10-19(18)38(34,35)30-23;1-24(2,3)8-9-29-23(31)19(21(30)20(27-29)15-7-12-37-14-15)22-26-17-6-5-16(34-10-11-35-25)13-18(17)36(32,28-22)33-4;1-14(2)6-8-28-23(30)19(21(29)20(26-28)15-7-11-36-13-15)22-25-17-5-4-16(33-9-10-34-24)12-18(17)35(31,27-22)32-3/h1-11,13,31H,12,26H2,(H2,27,29,33,34);1-10,12,32H,11,27H2,(H2,28,30,34,35);5-7,10-14,30H,8-9,25H2,1-4H3,(H,26,28,32);4-5,7,9-14,29H,6,8,24H2,1-3H3,(H,25,27,31)/b8-7+;7-6+;11-10+;10-9+. The smallest absolute Gasteiger partial charge is 0.348 e. The van der Waals surface area contributed by atoms with Crippen LogP contribution in [0.5, 0.6) is 46.0 Å². The van der Waals surface area contributed by atoms with Gasteiger partial charge in [0, 0.05) is 75.6 Å². The number of aromatic hydroxyl groups is 4. The summed E-state index contributed by atoms with van der Waals surface area (Å²) in [6.07, 6.45) is 10.5. The van der Waals surface area contributed by atoms with Crippen molar-refractivity contribution in [3.8, 4) is 91.0 Å². The molecular weight excluding hydrogens is 2190 g/mol. The number of aryl methyl sites for hydroxylation is 2. The molecular formula is C95H91BrClFN20O24P4S4. The van der Waals surface area contributed by atoms with E-state index in [0.717, 1.165) is 58.4 Å². The minimum absolute atomic E-state index is 0.0399. The molecule has 4 atom stereocenters. The number of fused-ring (bicyclic) bond motifs is 4. The molecule has 0 aliphatic carbocycles. The second kappa shape index (κ2) is 47.5. The number of nitrogens with two attached hydrogens (primary N) is 4. The molecule has 0 amide bonds. The van der Waals surface area contributed by atoms with Crippen molar-refractivity contribution in [3.63, 3.8) is 0 Å². The third-order valence-corrected chi connectivity index (χ3v) is 32.4. The summed E-state index contributed by atoms with van der Waals surface area (Å²) in [6, 6.07) is 36.4. The van der Waals surface area contributed by atoms with Crippen LogP contribution in [-0.4, -0.2) is 107 Å². The topological polar surface area (TPSA) is 623 Å². The number of aromatic nitrogens is 8. The number of benzene rings is 6. The molecule has 4 aliphatic rings. The Morgan fingerprint density at radius 1 is 0.433 bits per heavy atom. The largest absolute Gasteiger partial charge is 0.505 e. The highest BCUT2D eigenvalue weighted by Crippen LogP contribution is 2.55. The van der Waals surface area contributed by atoms with Gasteiger partial charge in [-0.1, -0.05) is 80.3 Å². The number of amidine groups is 4. The van der Waals surface area contributed by atoms with Crippen LogP contribution in [0.25, 0.3) is 45.0 Å². The summed E-state index contributed by atoms with van der Waals surface area (Å²) in [5, 5.41) is 88.8. The van der Waals surface area contributed by atoms with E-state index in [0.29, 0.717) is 82.5 Å². The van der Waals surface area contributed by atoms with Crippen molar-refractivity contribution < 1.29 is 100 Å². The first-order chi connectivity index (χ1) is 71.8. The summed E-state index contributed by atoms with van der Waals surface area (Å²) >= 11 is 14.9. The number of nitrogens with zero attached hydrogens (tertiary/aromatic N) is 12. The number of thiophene rings is 4. The van der Waals surface area contributed by atoms with E-state index < -0.39 is 69.6 Å². The Balaban J connectivity index is 0.000000149. The minimum Gasteiger partial charge on any atom is -0.505 e. The first kappa shape index (κ1) is 110. The highest BCUT2D eigenvalue weighted by Gasteiger charge is 2.42. The van der Waals surface area contributed by atoms with Crippen molar-refractivity contribution >= 4 is 170 Å². The van der Waals surface area contributed by atoms with Gasteiger partial charge in [0.25, 0.3) is 22.2 Å². The number of rotatable bonds is 31. The van der Waals surface area contributed by atoms with Crippen LogP contribution >= 0.6 is 103 Å². The lowest BCUT2D eigenvalue weighted by molar-refractivity contribution is 0.250. The van der Waals surface area contributed by atoms with E-state index in [1.165, 1.54) is 147 Å². The van der Waals surface area contributed by atoms with Gasteiger partial charge < -0.3 is 98.8 Å². The quantitative estimate of drug-likeness (QED) is 0.0109. The van der Waals surface area contributed by atoms with E-state index in [2.05, 4.69) is 117 Å². The van der Waals surface area contributed by atoms with Crippen LogP contribution in [-0.2, 0) is 72.8 Å². The molecule has 0 bridgehead atoms. The predicted molar refractivity (Wildman–Crippen MR) is 575 cm³/mol. The zero-order chi connectivity index (χ0) is 107. The van der Waals surface area contributed by atoms with Crippen LogP contribution in [0.15, 0.2) is 275 Å². The Morgan fingerprint density at radius 2 is 0.753 bits per heavy atom. The van der Waals surface area contributed by atoms with Crippen molar-refractivity contribution in [2.75, 3.05) is 35.5 Å². The molecule has 0 spiro atoms. The van der Waals surface area contributed by atoms with Gasteiger partial charge in [0.05, 0.1) is 62.1 Å². The average molecular weight is 2280 g/mol. The van der Waals surface area contributed by atoms with Crippen LogP contribution in [0, 0.1) is 17.2 Å². The van der Waals surface area contributed by atoms with Crippen molar-refractivity contribution in [2.24, 2.45) is 54.0 Å². The van der Waals surface area contributed by atoms with Gasteiger partial charge in [0.1, 0.15) is 124 Å². The van der Waals surface area contributed by atoms with Gasteiger partial charge in [0.15, 0.2) is 46.3 Å². The van der Waals surface area contributed by atoms with E-state index in [1.54, 1.807) is 64.7 Å². The number of anilines is 4. The average Bonchev–Trinajstić information content (AvgIpc) is 1.02. The molecule has 150 heavy (non-hydrogen) atoms. The van der Waals surface area contributed by atoms with Gasteiger partial charge in [-0.3, -0.25) is 37.4 Å². The first-order valence-electron chi connectivity index (χ1n) is 44.2. The minimum atomic E-state index is -4.44. The number of nitrogens with one attached hydrogen (secondary N) is 4. The van der Waals surface area contributed by atoms with Gasteiger partial charge in [0.2, 0.25) is 0 Å². The molecule has 44 nitrogen and oxygen atoms in total. The Kier molecular flexibility index (Phi) is 34.7. The van der Waals surface area contributed by atoms with Crippen molar-refractivity contribution in [1.29, 1.82) is 0 Å². The zero-order valence-electron chi connectivity index (χ0n) is 79.6. The van der Waals surface area contributed by atoms with E-state index >= 15 is 0 Å². The third-order valence-electron chi connectivity index (χ3n) is 22.1. The maximum Gasteiger partial charge on any atom is 0.348 e. The molecule has 0 saturated heterocycles. The molecule has 4 aliphatic heterocycles. The highest BCUT2D eigenvalue weighted by atomic mass is 79.9. The van der Waals surface area contributed by atoms with Gasteiger partial charge in [-0.25, -0.2) is 23.1 Å². The monoisotopic (exact) mass is 2280 g/mol. The summed E-state index contributed by atoms with van der Waals surface area (Å²) in [7, 11) is -14.0. The molecule has 4 unspecified atom stereocenters. The van der Waals surface area contributed by atoms with Crippen molar-refractivity contribution in [3.05, 3.63) is 323 Å². The molecule has 0 fully saturated rings. The van der Waals surface area contributed by atoms with Gasteiger partial charge >= 0.3 is 30.1 Å². The van der Waals surface area contributed by atoms with Gasteiger partial charge in [-0.15, -0.1) is 0 Å². The molecule has 14 aromatic rings. The van der Waals surface area contributed by atoms with Crippen LogP contribution in [0.2, 0.25) is 5.02 Å². The SMILES string of the molecule is COP1(=O)N=C(c2c(O)c(-c3ccsc3)nn(CCC(C)(C)C)c2=O)Nc2ccc(O/C=C/ON)cc21.COP1(=O)N=C(c2c(O)c(-c3ccsc3)nn(CCC(C)C)c2=O)Nc2ccc(O/C=C/ON)cc21.NO/C=C/Oc1ccc2c(c1)P(=O)(O)N=C(c1c(O)c(-c3ccsc3)nn(Cc3ccc(F)c(Cl)c3)c1=O)N2.NO/C=C/Oc1ccc2c(c1)P(=O)(O)N=C(c1c(O)c(-c3ccsc3)nn(Cc3cccc(Br)c3)c1=O)N2. The molecule has 55 heteroatoms. The van der Waals surface area contributed by atoms with Crippen LogP contribution in [0.3, 0.4) is 0 Å². The first-order valence-corrected chi connectivity index (χ1v) is 55.5. The fourth-order valence-electron chi connectivity index (χ4n) is 14.8. The second-order valence-electron chi connectivity index (χ2n) is 33.8. The molecule has 18 N–H and O–H groups in total. The Labute approximate surface area is 880 Å². The molecule has 8 aromatic heterocycles. The zero-order valence-corrected chi connectivity index (χ0v) is 88.8. The lowest BCUT2D eigenvalue weighted by atomic mass is 9.92. The summed E-state index contributed by atoms with van der Waals surface area (Å²) in [4.78, 5) is 93.1. The lowest BCUT2D eigenvalue weighted by Crippen LogP contribution is -2.35. The van der Waals surface area contributed by atoms with Gasteiger partial charge in [-0.2, -0.15) is 108 Å². The van der Waals surface area contributed by atoms with E-state index in [9.17, 15) is 72.0 Å². The van der Waals surface area contributed by atoms with Crippen molar-refractivity contribution in [2.45, 2.75) is 73.6 Å². The number of halogens is 3. The van der Waals surface area contributed by atoms with Crippen LogP contribution < -0.4 is 107 Å². The van der Waals surface area contributed by atoms with Crippen LogP contribution in [0.1, 0.15) is 80.8 Å². The summed E-state index contributed by atoms with van der Waals surface area (Å²) in [5.41, 5.74) is 1.81. The molecule has 6 aromatic carbocycles. The van der Waals surface area contributed by atoms with Crippen molar-refractivity contribution in [1.82, 2.24) is 39.1 Å². The maximum absolute atomic E-state index is 13.8. The summed E-state index contributed by atoms with van der Waals surface area (Å²) < 4.78 is 122. The maximum atomic E-state index is 13.8. The Hall–Kier alpha value is -14.6. The number of hydrogen-bond acceptors (Lipinski definition) is 38. The van der Waals surface area contributed by atoms with Gasteiger partial charge in [-0.05, 0) is 178 Å². The fraction of sp³-hybridized carbons (Fsp3) is 0.158. The molecule has 780 valence electrons. The summed E-state index contributed by atoms with van der Waals surface area (Å²) in [5.74, 6) is 18.1. The second-order valence-corrected chi connectivity index (χ2v) is 46.0. The van der Waals surface area contributed by atoms with E-state index in [1.807, 2.05) is 65.0 Å². The lowest BCUT2D eigenvalue weighted by Gasteiger charge is -2.25. The van der Waals surface area contributed by atoms with Crippen LogP contribution in [0.4, 0.5) is 27.1 Å². The highest BCUT2D eigenvalue weighted by molar-refractivity contribution is 9.10. The fourth-order valence-corrected chi connectivity index (χ4v) is 23.6. The molecule has 0 radical (unpaired) electrons. The Bertz CT molecular complexity index is 8190. The van der Waals surface area contributed by atoms with E-state index in [-0.39, 0.29) is 147 Å². The number of ether oxygens (including phenoxy) is 4. The predicted octanol–water partition coefficient (Wildman–Crippen LogP) is 15.8. The summed E-state index contributed by atoms with van der Waals surface area (Å²) in [6.45, 7) is 10.9. The molecule has 0 saturated carbocycles. The molecule has 12 heterocycles. The third kappa shape index (κ3) is 25.1. The Morgan fingerprint density at radius 3 is 1.07 bits per heavy atom. The number of hydrogen-bond donors (Lipinski definition) is 14. The van der Waals surface area contributed by atoms with E-state index in [4.69, 9.17) is 63.2 Å². The normalized spacial score (nSPS) is 16.8.